The van der Waals surface area contributed by atoms with Crippen molar-refractivity contribution in [3.05, 3.63) is 52.8 Å². The Balaban J connectivity index is 2.18. The third-order valence-electron chi connectivity index (χ3n) is 2.55. The number of halogens is 1. The summed E-state index contributed by atoms with van der Waals surface area (Å²) >= 11 is 5.88. The molecular weight excluding hydrogens is 250 g/mol. The average Bonchev–Trinajstić information content (AvgIpc) is 2.33. The van der Waals surface area contributed by atoms with E-state index in [9.17, 15) is 5.11 Å². The van der Waals surface area contributed by atoms with Gasteiger partial charge in [0.25, 0.3) is 0 Å². The van der Waals surface area contributed by atoms with E-state index in [0.717, 1.165) is 11.3 Å². The lowest BCUT2D eigenvalue weighted by atomic mass is 10.2. The Morgan fingerprint density at radius 1 is 1.28 bits per heavy atom. The molecule has 0 amide bonds. The highest BCUT2D eigenvalue weighted by molar-refractivity contribution is 6.30. The number of aliphatic hydroxyl groups is 1. The highest BCUT2D eigenvalue weighted by Gasteiger charge is 2.05. The smallest absolute Gasteiger partial charge is 0.145 e. The molecule has 1 heterocycles. The van der Waals surface area contributed by atoms with Crippen LogP contribution in [0.5, 0.6) is 11.5 Å². The minimum absolute atomic E-state index is 0.573. The third kappa shape index (κ3) is 3.00. The van der Waals surface area contributed by atoms with Crippen LogP contribution in [0.1, 0.15) is 24.3 Å². The monoisotopic (exact) mass is 263 g/mol. The number of aliphatic hydroxyl groups excluding tert-OH is 1. The van der Waals surface area contributed by atoms with Crippen LogP contribution in [0.2, 0.25) is 5.02 Å². The van der Waals surface area contributed by atoms with Gasteiger partial charge in [0.2, 0.25) is 0 Å². The van der Waals surface area contributed by atoms with E-state index in [1.807, 2.05) is 19.1 Å². The molecule has 3 nitrogen and oxygen atoms in total. The lowest BCUT2D eigenvalue weighted by Crippen LogP contribution is -1.95. The fourth-order valence-electron chi connectivity index (χ4n) is 1.55. The Morgan fingerprint density at radius 3 is 2.61 bits per heavy atom. The fourth-order valence-corrected chi connectivity index (χ4v) is 1.78. The highest BCUT2D eigenvalue weighted by Crippen LogP contribution is 2.27. The number of pyridine rings is 1. The van der Waals surface area contributed by atoms with Crippen LogP contribution in [0, 0.1) is 6.92 Å². The van der Waals surface area contributed by atoms with Gasteiger partial charge in [0.1, 0.15) is 11.5 Å². The largest absolute Gasteiger partial charge is 0.455 e. The van der Waals surface area contributed by atoms with Crippen molar-refractivity contribution >= 4 is 11.6 Å². The van der Waals surface area contributed by atoms with Gasteiger partial charge >= 0.3 is 0 Å². The van der Waals surface area contributed by atoms with Gasteiger partial charge in [0.15, 0.2) is 0 Å². The molecule has 0 aliphatic heterocycles. The quantitative estimate of drug-likeness (QED) is 0.914. The molecular formula is C14H14ClNO2. The molecule has 0 bridgehead atoms. The predicted molar refractivity (Wildman–Crippen MR) is 71.1 cm³/mol. The molecule has 0 radical (unpaired) electrons. The average molecular weight is 264 g/mol. The Hall–Kier alpha value is -1.58. The summed E-state index contributed by atoms with van der Waals surface area (Å²) in [6, 6.07) is 8.96. The summed E-state index contributed by atoms with van der Waals surface area (Å²) in [5, 5.41) is 10.0. The first-order valence-corrected chi connectivity index (χ1v) is 6.02. The Bertz CT molecular complexity index is 538. The van der Waals surface area contributed by atoms with E-state index in [2.05, 4.69) is 4.98 Å². The van der Waals surface area contributed by atoms with Crippen molar-refractivity contribution in [2.24, 2.45) is 0 Å². The first-order chi connectivity index (χ1) is 8.56. The van der Waals surface area contributed by atoms with E-state index in [1.54, 1.807) is 31.3 Å². The van der Waals surface area contributed by atoms with Crippen molar-refractivity contribution in [3.63, 3.8) is 0 Å². The molecule has 94 valence electrons. The molecule has 0 aliphatic rings. The van der Waals surface area contributed by atoms with Crippen molar-refractivity contribution in [3.8, 4) is 11.5 Å². The van der Waals surface area contributed by atoms with Gasteiger partial charge in [-0.3, -0.25) is 4.98 Å². The Morgan fingerprint density at radius 2 is 2.06 bits per heavy atom. The Labute approximate surface area is 111 Å². The van der Waals surface area contributed by atoms with Gasteiger partial charge in [-0.05, 0) is 49.7 Å². The molecule has 0 aliphatic carbocycles. The molecule has 1 aromatic heterocycles. The first kappa shape index (κ1) is 12.9. The zero-order chi connectivity index (χ0) is 13.1. The molecule has 4 heteroatoms. The van der Waals surface area contributed by atoms with Crippen molar-refractivity contribution in [2.75, 3.05) is 0 Å². The van der Waals surface area contributed by atoms with Crippen LogP contribution in [0.4, 0.5) is 0 Å². The van der Waals surface area contributed by atoms with Gasteiger partial charge in [-0.25, -0.2) is 0 Å². The van der Waals surface area contributed by atoms with Crippen LogP contribution in [0.25, 0.3) is 0 Å². The van der Waals surface area contributed by atoms with Gasteiger partial charge in [-0.1, -0.05) is 11.6 Å². The highest BCUT2D eigenvalue weighted by atomic mass is 35.5. The van der Waals surface area contributed by atoms with Crippen LogP contribution in [-0.4, -0.2) is 10.1 Å². The normalized spacial score (nSPS) is 12.2. The van der Waals surface area contributed by atoms with E-state index in [4.69, 9.17) is 16.3 Å². The summed E-state index contributed by atoms with van der Waals surface area (Å²) in [5.41, 5.74) is 1.58. The summed E-state index contributed by atoms with van der Waals surface area (Å²) in [6.45, 7) is 3.60. The number of hydrogen-bond acceptors (Lipinski definition) is 3. The van der Waals surface area contributed by atoms with E-state index >= 15 is 0 Å². The second-order valence-corrected chi connectivity index (χ2v) is 4.54. The topological polar surface area (TPSA) is 42.4 Å². The van der Waals surface area contributed by atoms with Gasteiger partial charge < -0.3 is 9.84 Å². The van der Waals surface area contributed by atoms with E-state index in [0.29, 0.717) is 16.5 Å². The van der Waals surface area contributed by atoms with Gasteiger partial charge in [-0.15, -0.1) is 0 Å². The number of rotatable bonds is 3. The second kappa shape index (κ2) is 5.38. The van der Waals surface area contributed by atoms with Crippen molar-refractivity contribution in [2.45, 2.75) is 20.0 Å². The minimum Gasteiger partial charge on any atom is -0.455 e. The van der Waals surface area contributed by atoms with Crippen LogP contribution < -0.4 is 4.74 Å². The van der Waals surface area contributed by atoms with E-state index in [-0.39, 0.29) is 0 Å². The van der Waals surface area contributed by atoms with E-state index < -0.39 is 6.10 Å². The van der Waals surface area contributed by atoms with Crippen LogP contribution in [-0.2, 0) is 0 Å². The van der Waals surface area contributed by atoms with Crippen LogP contribution in [0.3, 0.4) is 0 Å². The summed E-state index contributed by atoms with van der Waals surface area (Å²) in [6.07, 6.45) is 1.02. The zero-order valence-corrected chi connectivity index (χ0v) is 11.0. The number of aromatic nitrogens is 1. The van der Waals surface area contributed by atoms with Crippen molar-refractivity contribution in [1.82, 2.24) is 4.98 Å². The van der Waals surface area contributed by atoms with Gasteiger partial charge in [0.05, 0.1) is 18.0 Å². The van der Waals surface area contributed by atoms with Crippen molar-refractivity contribution in [1.29, 1.82) is 0 Å². The van der Waals surface area contributed by atoms with Crippen LogP contribution >= 0.6 is 11.6 Å². The number of aryl methyl sites for hydroxylation is 1. The second-order valence-electron chi connectivity index (χ2n) is 4.11. The molecule has 0 fully saturated rings. The lowest BCUT2D eigenvalue weighted by Gasteiger charge is -2.09. The molecule has 0 spiro atoms. The fraction of sp³-hybridized carbons (Fsp3) is 0.214. The predicted octanol–water partition coefficient (Wildman–Crippen LogP) is 3.89. The van der Waals surface area contributed by atoms with Gasteiger partial charge in [-0.2, -0.15) is 0 Å². The maximum absolute atomic E-state index is 9.36. The molecule has 2 aromatic rings. The summed E-state index contributed by atoms with van der Waals surface area (Å²) in [5.74, 6) is 1.37. The molecule has 2 rings (SSSR count). The summed E-state index contributed by atoms with van der Waals surface area (Å²) in [4.78, 5) is 4.12. The first-order valence-electron chi connectivity index (χ1n) is 5.64. The molecule has 0 saturated carbocycles. The van der Waals surface area contributed by atoms with Crippen molar-refractivity contribution < 1.29 is 9.84 Å². The van der Waals surface area contributed by atoms with Gasteiger partial charge in [0, 0.05) is 5.02 Å². The minimum atomic E-state index is -0.573. The molecule has 1 aromatic carbocycles. The number of nitrogens with zero attached hydrogens (tertiary/aromatic N) is 1. The standard InChI is InChI=1S/C14H14ClNO2/c1-9-7-11(15)3-6-14(9)18-12-4-5-13(10(2)17)16-8-12/h3-8,10,17H,1-2H3. The maximum atomic E-state index is 9.36. The number of hydrogen-bond donors (Lipinski definition) is 1. The summed E-state index contributed by atoms with van der Waals surface area (Å²) in [7, 11) is 0. The number of ether oxygens (including phenoxy) is 1. The molecule has 18 heavy (non-hydrogen) atoms. The molecule has 1 unspecified atom stereocenters. The summed E-state index contributed by atoms with van der Waals surface area (Å²) < 4.78 is 5.70. The third-order valence-corrected chi connectivity index (χ3v) is 2.79. The SMILES string of the molecule is Cc1cc(Cl)ccc1Oc1ccc(C(C)O)nc1. The molecule has 1 N–H and O–H groups in total. The Kier molecular flexibility index (Phi) is 3.84. The van der Waals surface area contributed by atoms with E-state index in [1.165, 1.54) is 0 Å². The molecule has 1 atom stereocenters. The lowest BCUT2D eigenvalue weighted by molar-refractivity contribution is 0.194. The zero-order valence-electron chi connectivity index (χ0n) is 10.2. The molecule has 0 saturated heterocycles. The van der Waals surface area contributed by atoms with Crippen LogP contribution in [0.15, 0.2) is 36.5 Å². The number of benzene rings is 1. The maximum Gasteiger partial charge on any atom is 0.145 e.